The zero-order valence-corrected chi connectivity index (χ0v) is 6.40. The number of hydrogen-bond acceptors (Lipinski definition) is 2. The molecule has 0 aliphatic heterocycles. The molecular formula is C8H13N2O+. The molecule has 1 aromatic rings. The lowest BCUT2D eigenvalue weighted by Gasteiger charge is -1.97. The maximum atomic E-state index is 8.50. The van der Waals surface area contributed by atoms with E-state index in [0.717, 1.165) is 13.1 Å². The summed E-state index contributed by atoms with van der Waals surface area (Å²) in [7, 11) is 0. The van der Waals surface area contributed by atoms with Crippen LogP contribution in [0.5, 0.6) is 0 Å². The Bertz CT molecular complexity index is 189. The normalized spacial score (nSPS) is 9.91. The van der Waals surface area contributed by atoms with Crippen molar-refractivity contribution < 1.29 is 10.4 Å². The van der Waals surface area contributed by atoms with Gasteiger partial charge in [0.1, 0.15) is 6.54 Å². The molecule has 1 rings (SSSR count). The minimum Gasteiger partial charge on any atom is -0.391 e. The lowest BCUT2D eigenvalue weighted by Crippen LogP contribution is -2.83. The quantitative estimate of drug-likeness (QED) is 0.553. The van der Waals surface area contributed by atoms with Crippen LogP contribution in [0.4, 0.5) is 0 Å². The Morgan fingerprint density at radius 2 is 2.09 bits per heavy atom. The van der Waals surface area contributed by atoms with E-state index >= 15 is 0 Å². The van der Waals surface area contributed by atoms with E-state index < -0.39 is 0 Å². The van der Waals surface area contributed by atoms with E-state index in [-0.39, 0.29) is 6.61 Å². The van der Waals surface area contributed by atoms with Crippen molar-refractivity contribution in [2.75, 3.05) is 13.2 Å². The van der Waals surface area contributed by atoms with Gasteiger partial charge in [-0.25, -0.2) is 0 Å². The fourth-order valence-corrected chi connectivity index (χ4v) is 0.879. The lowest BCUT2D eigenvalue weighted by atomic mass is 10.3. The van der Waals surface area contributed by atoms with Crippen LogP contribution in [0.25, 0.3) is 0 Å². The minimum absolute atomic E-state index is 0.241. The molecule has 0 saturated carbocycles. The number of aliphatic hydroxyl groups excluding tert-OH is 1. The smallest absolute Gasteiger partial charge is 0.101 e. The number of aliphatic hydroxyl groups is 1. The van der Waals surface area contributed by atoms with E-state index in [1.807, 2.05) is 12.1 Å². The van der Waals surface area contributed by atoms with Crippen molar-refractivity contribution in [3.8, 4) is 0 Å². The van der Waals surface area contributed by atoms with Gasteiger partial charge in [0.2, 0.25) is 0 Å². The van der Waals surface area contributed by atoms with Crippen LogP contribution in [-0.4, -0.2) is 23.2 Å². The van der Waals surface area contributed by atoms with Crippen molar-refractivity contribution in [2.45, 2.75) is 6.54 Å². The fraction of sp³-hybridized carbons (Fsp3) is 0.375. The van der Waals surface area contributed by atoms with Crippen molar-refractivity contribution in [3.05, 3.63) is 30.1 Å². The molecule has 0 aliphatic carbocycles. The summed E-state index contributed by atoms with van der Waals surface area (Å²) in [4.78, 5) is 3.91. The molecule has 3 heteroatoms. The molecule has 3 N–H and O–H groups in total. The molecule has 0 aliphatic rings. The van der Waals surface area contributed by atoms with E-state index in [1.54, 1.807) is 12.4 Å². The van der Waals surface area contributed by atoms with Gasteiger partial charge in [-0.1, -0.05) is 0 Å². The number of hydrogen-bond donors (Lipinski definition) is 2. The minimum atomic E-state index is 0.241. The van der Waals surface area contributed by atoms with Crippen LogP contribution < -0.4 is 5.32 Å². The molecule has 0 bridgehead atoms. The van der Waals surface area contributed by atoms with Gasteiger partial charge in [-0.3, -0.25) is 4.98 Å². The van der Waals surface area contributed by atoms with Gasteiger partial charge in [-0.15, -0.1) is 0 Å². The lowest BCUT2D eigenvalue weighted by molar-refractivity contribution is -0.671. The van der Waals surface area contributed by atoms with Crippen LogP contribution in [0.1, 0.15) is 5.56 Å². The summed E-state index contributed by atoms with van der Waals surface area (Å²) >= 11 is 0. The highest BCUT2D eigenvalue weighted by Gasteiger charge is 1.91. The van der Waals surface area contributed by atoms with Crippen molar-refractivity contribution in [1.29, 1.82) is 0 Å². The fourth-order valence-electron chi connectivity index (χ4n) is 0.879. The van der Waals surface area contributed by atoms with Gasteiger partial charge in [0, 0.05) is 18.0 Å². The highest BCUT2D eigenvalue weighted by molar-refractivity contribution is 5.07. The second-order valence-corrected chi connectivity index (χ2v) is 2.36. The monoisotopic (exact) mass is 153 g/mol. The van der Waals surface area contributed by atoms with E-state index in [0.29, 0.717) is 0 Å². The molecule has 0 radical (unpaired) electrons. The molecule has 11 heavy (non-hydrogen) atoms. The second-order valence-electron chi connectivity index (χ2n) is 2.36. The molecule has 0 unspecified atom stereocenters. The third-order valence-electron chi connectivity index (χ3n) is 1.46. The number of pyridine rings is 1. The number of nitrogens with zero attached hydrogens (tertiary/aromatic N) is 1. The van der Waals surface area contributed by atoms with Gasteiger partial charge in [0.25, 0.3) is 0 Å². The topological polar surface area (TPSA) is 49.7 Å². The molecule has 60 valence electrons. The van der Waals surface area contributed by atoms with Gasteiger partial charge in [-0.2, -0.15) is 0 Å². The highest BCUT2D eigenvalue weighted by atomic mass is 16.3. The van der Waals surface area contributed by atoms with Crippen molar-refractivity contribution in [1.82, 2.24) is 4.98 Å². The number of quaternary nitrogens is 1. The molecular weight excluding hydrogens is 140 g/mol. The Balaban J connectivity index is 2.28. The summed E-state index contributed by atoms with van der Waals surface area (Å²) in [6.07, 6.45) is 3.56. The van der Waals surface area contributed by atoms with E-state index in [1.165, 1.54) is 5.56 Å². The van der Waals surface area contributed by atoms with Crippen LogP contribution in [0.3, 0.4) is 0 Å². The van der Waals surface area contributed by atoms with Crippen molar-refractivity contribution in [3.63, 3.8) is 0 Å². The van der Waals surface area contributed by atoms with Gasteiger partial charge in [-0.05, 0) is 12.1 Å². The third kappa shape index (κ3) is 3.11. The van der Waals surface area contributed by atoms with Gasteiger partial charge >= 0.3 is 0 Å². The molecule has 0 atom stereocenters. The summed E-state index contributed by atoms with van der Waals surface area (Å²) in [5.74, 6) is 0. The number of nitrogens with two attached hydrogens (primary N) is 1. The van der Waals surface area contributed by atoms with Crippen molar-refractivity contribution in [2.24, 2.45) is 0 Å². The average Bonchev–Trinajstić information content (AvgIpc) is 2.07. The summed E-state index contributed by atoms with van der Waals surface area (Å²) < 4.78 is 0. The van der Waals surface area contributed by atoms with Gasteiger partial charge in [0.15, 0.2) is 0 Å². The molecule has 3 nitrogen and oxygen atoms in total. The van der Waals surface area contributed by atoms with E-state index in [4.69, 9.17) is 5.11 Å². The Morgan fingerprint density at radius 1 is 1.36 bits per heavy atom. The Labute approximate surface area is 66.1 Å². The first kappa shape index (κ1) is 8.17. The summed E-state index contributed by atoms with van der Waals surface area (Å²) in [6.45, 7) is 1.93. The molecule has 0 fully saturated rings. The molecule has 0 saturated heterocycles. The van der Waals surface area contributed by atoms with Crippen LogP contribution in [0, 0.1) is 0 Å². The molecule has 1 heterocycles. The maximum absolute atomic E-state index is 8.50. The van der Waals surface area contributed by atoms with Crippen LogP contribution in [-0.2, 0) is 6.54 Å². The summed E-state index contributed by atoms with van der Waals surface area (Å²) in [6, 6.07) is 3.96. The zero-order chi connectivity index (χ0) is 7.94. The predicted octanol–water partition coefficient (Wildman–Crippen LogP) is -0.863. The molecule has 1 aromatic heterocycles. The summed E-state index contributed by atoms with van der Waals surface area (Å²) in [5, 5.41) is 10.6. The van der Waals surface area contributed by atoms with Crippen molar-refractivity contribution >= 4 is 0 Å². The van der Waals surface area contributed by atoms with E-state index in [2.05, 4.69) is 10.3 Å². The third-order valence-corrected chi connectivity index (χ3v) is 1.46. The molecule has 0 amide bonds. The Morgan fingerprint density at radius 3 is 2.73 bits per heavy atom. The van der Waals surface area contributed by atoms with Crippen LogP contribution in [0.15, 0.2) is 24.5 Å². The first-order valence-electron chi connectivity index (χ1n) is 3.75. The first-order chi connectivity index (χ1) is 5.43. The first-order valence-corrected chi connectivity index (χ1v) is 3.75. The SMILES string of the molecule is OCC[NH2+]Cc1ccncc1. The number of rotatable bonds is 4. The number of aromatic nitrogens is 1. The zero-order valence-electron chi connectivity index (χ0n) is 6.40. The average molecular weight is 153 g/mol. The largest absolute Gasteiger partial charge is 0.391 e. The predicted molar refractivity (Wildman–Crippen MR) is 41.8 cm³/mol. The summed E-state index contributed by atoms with van der Waals surface area (Å²) in [5.41, 5.74) is 1.24. The molecule has 0 aromatic carbocycles. The van der Waals surface area contributed by atoms with Crippen LogP contribution >= 0.6 is 0 Å². The molecule has 0 spiro atoms. The highest BCUT2D eigenvalue weighted by Crippen LogP contribution is 1.90. The maximum Gasteiger partial charge on any atom is 0.101 e. The Hall–Kier alpha value is -0.930. The van der Waals surface area contributed by atoms with Gasteiger partial charge < -0.3 is 10.4 Å². The van der Waals surface area contributed by atoms with E-state index in [9.17, 15) is 0 Å². The Kier molecular flexibility index (Phi) is 3.58. The standard InChI is InChI=1S/C8H12N2O/c11-6-5-10-7-8-1-3-9-4-2-8/h1-4,10-11H,5-7H2/p+1. The second kappa shape index (κ2) is 4.82. The van der Waals surface area contributed by atoms with Gasteiger partial charge in [0.05, 0.1) is 13.2 Å². The van der Waals surface area contributed by atoms with Crippen LogP contribution in [0.2, 0.25) is 0 Å².